The number of benzene rings is 1. The molecule has 0 amide bonds. The zero-order valence-corrected chi connectivity index (χ0v) is 19.7. The molecule has 0 saturated carbocycles. The molecule has 7 heteroatoms. The minimum atomic E-state index is 0. The summed E-state index contributed by atoms with van der Waals surface area (Å²) >= 11 is 0. The first kappa shape index (κ1) is 25.0. The van der Waals surface area contributed by atoms with Gasteiger partial charge < -0.3 is 24.8 Å². The molecule has 0 bridgehead atoms. The van der Waals surface area contributed by atoms with E-state index in [1.165, 1.54) is 0 Å². The van der Waals surface area contributed by atoms with Gasteiger partial charge in [0.25, 0.3) is 0 Å². The summed E-state index contributed by atoms with van der Waals surface area (Å²) in [5.41, 5.74) is 1.13. The Morgan fingerprint density at radius 3 is 2.79 bits per heavy atom. The van der Waals surface area contributed by atoms with E-state index in [0.717, 1.165) is 69.5 Å². The first-order valence-electron chi connectivity index (χ1n) is 10.0. The topological polar surface area (TPSA) is 64.1 Å². The Morgan fingerprint density at radius 2 is 2.07 bits per heavy atom. The van der Waals surface area contributed by atoms with E-state index < -0.39 is 0 Å². The van der Waals surface area contributed by atoms with E-state index in [4.69, 9.17) is 14.2 Å². The SMILES string of the molecule is CN=C(NCCCOC1CCOC1)NCc1ccccc1OCCC(C)C.I. The fourth-order valence-corrected chi connectivity index (χ4v) is 2.77. The highest BCUT2D eigenvalue weighted by atomic mass is 127. The van der Waals surface area contributed by atoms with E-state index in [-0.39, 0.29) is 30.1 Å². The van der Waals surface area contributed by atoms with E-state index in [1.54, 1.807) is 7.05 Å². The second-order valence-electron chi connectivity index (χ2n) is 7.20. The van der Waals surface area contributed by atoms with Crippen molar-refractivity contribution in [1.82, 2.24) is 10.6 Å². The summed E-state index contributed by atoms with van der Waals surface area (Å²) in [6.07, 6.45) is 3.27. The normalized spacial score (nSPS) is 16.7. The van der Waals surface area contributed by atoms with Gasteiger partial charge in [-0.15, -0.1) is 24.0 Å². The molecule has 1 aromatic rings. The number of aliphatic imine (C=N–C) groups is 1. The molecular weight excluding hydrogens is 469 g/mol. The van der Waals surface area contributed by atoms with Crippen LogP contribution in [0.5, 0.6) is 5.75 Å². The third-order valence-electron chi connectivity index (χ3n) is 4.45. The molecule has 1 aromatic carbocycles. The first-order valence-corrected chi connectivity index (χ1v) is 10.0. The molecule has 1 heterocycles. The van der Waals surface area contributed by atoms with E-state index in [9.17, 15) is 0 Å². The van der Waals surface area contributed by atoms with E-state index in [0.29, 0.717) is 12.5 Å². The quantitative estimate of drug-likeness (QED) is 0.208. The highest BCUT2D eigenvalue weighted by Gasteiger charge is 2.15. The maximum Gasteiger partial charge on any atom is 0.191 e. The zero-order chi connectivity index (χ0) is 19.3. The number of nitrogens with zero attached hydrogens (tertiary/aromatic N) is 1. The molecule has 1 aliphatic rings. The van der Waals surface area contributed by atoms with E-state index >= 15 is 0 Å². The zero-order valence-electron chi connectivity index (χ0n) is 17.4. The maximum absolute atomic E-state index is 5.95. The predicted molar refractivity (Wildman–Crippen MR) is 125 cm³/mol. The number of halogens is 1. The number of hydrogen-bond donors (Lipinski definition) is 2. The Hall–Kier alpha value is -1.06. The second kappa shape index (κ2) is 14.9. The van der Waals surface area contributed by atoms with E-state index in [1.807, 2.05) is 18.2 Å². The van der Waals surface area contributed by atoms with Crippen LogP contribution in [0.15, 0.2) is 29.3 Å². The van der Waals surface area contributed by atoms with Crippen LogP contribution < -0.4 is 15.4 Å². The molecule has 1 unspecified atom stereocenters. The molecule has 1 fully saturated rings. The van der Waals surface area contributed by atoms with Gasteiger partial charge in [-0.05, 0) is 31.2 Å². The highest BCUT2D eigenvalue weighted by Crippen LogP contribution is 2.18. The van der Waals surface area contributed by atoms with Crippen LogP contribution in [0.4, 0.5) is 0 Å². The first-order chi connectivity index (χ1) is 13.2. The Balaban J connectivity index is 0.00000392. The van der Waals surface area contributed by atoms with Gasteiger partial charge in [-0.25, -0.2) is 0 Å². The van der Waals surface area contributed by atoms with Crippen LogP contribution in [-0.4, -0.2) is 52.1 Å². The number of ether oxygens (including phenoxy) is 3. The van der Waals surface area contributed by atoms with Crippen LogP contribution in [0, 0.1) is 5.92 Å². The summed E-state index contributed by atoms with van der Waals surface area (Å²) in [4.78, 5) is 4.29. The van der Waals surface area contributed by atoms with Crippen LogP contribution in [0.3, 0.4) is 0 Å². The molecule has 1 atom stereocenters. The molecule has 28 heavy (non-hydrogen) atoms. The number of guanidine groups is 1. The molecule has 0 radical (unpaired) electrons. The Bertz CT molecular complexity index is 564. The maximum atomic E-state index is 5.95. The lowest BCUT2D eigenvalue weighted by Gasteiger charge is -2.15. The number of hydrogen-bond acceptors (Lipinski definition) is 4. The minimum absolute atomic E-state index is 0. The molecule has 160 valence electrons. The van der Waals surface area contributed by atoms with Crippen LogP contribution in [0.2, 0.25) is 0 Å². The minimum Gasteiger partial charge on any atom is -0.493 e. The molecule has 0 spiro atoms. The van der Waals surface area contributed by atoms with Crippen LogP contribution >= 0.6 is 24.0 Å². The molecule has 0 aliphatic carbocycles. The van der Waals surface area contributed by atoms with Crippen molar-refractivity contribution >= 4 is 29.9 Å². The van der Waals surface area contributed by atoms with Gasteiger partial charge in [0.05, 0.1) is 19.3 Å². The molecule has 2 rings (SSSR count). The Labute approximate surface area is 186 Å². The fourth-order valence-electron chi connectivity index (χ4n) is 2.77. The summed E-state index contributed by atoms with van der Waals surface area (Å²) in [7, 11) is 1.78. The van der Waals surface area contributed by atoms with Crippen molar-refractivity contribution in [3.8, 4) is 5.75 Å². The van der Waals surface area contributed by atoms with Crippen molar-refractivity contribution < 1.29 is 14.2 Å². The van der Waals surface area contributed by atoms with Crippen molar-refractivity contribution in [3.63, 3.8) is 0 Å². The lowest BCUT2D eigenvalue weighted by atomic mass is 10.1. The summed E-state index contributed by atoms with van der Waals surface area (Å²) in [5.74, 6) is 2.37. The second-order valence-corrected chi connectivity index (χ2v) is 7.20. The average Bonchev–Trinajstić information content (AvgIpc) is 3.18. The van der Waals surface area contributed by atoms with Crippen molar-refractivity contribution in [2.75, 3.05) is 40.0 Å². The lowest BCUT2D eigenvalue weighted by molar-refractivity contribution is 0.0420. The van der Waals surface area contributed by atoms with Gasteiger partial charge in [0.15, 0.2) is 5.96 Å². The lowest BCUT2D eigenvalue weighted by Crippen LogP contribution is -2.37. The monoisotopic (exact) mass is 505 g/mol. The third kappa shape index (κ3) is 9.93. The standard InChI is InChI=1S/C21H35N3O3.HI/c1-17(2)9-14-27-20-8-5-4-7-18(20)15-24-21(22-3)23-11-6-12-26-19-10-13-25-16-19;/h4-5,7-8,17,19H,6,9-16H2,1-3H3,(H2,22,23,24);1H. The highest BCUT2D eigenvalue weighted by molar-refractivity contribution is 14.0. The molecular formula is C21H36IN3O3. The Morgan fingerprint density at radius 1 is 1.25 bits per heavy atom. The summed E-state index contributed by atoms with van der Waals surface area (Å²) in [5, 5.41) is 6.68. The van der Waals surface area contributed by atoms with Crippen molar-refractivity contribution in [1.29, 1.82) is 0 Å². The Kier molecular flexibility index (Phi) is 13.3. The van der Waals surface area contributed by atoms with Crippen LogP contribution in [0.1, 0.15) is 38.7 Å². The van der Waals surface area contributed by atoms with Crippen molar-refractivity contribution in [2.24, 2.45) is 10.9 Å². The molecule has 0 aromatic heterocycles. The van der Waals surface area contributed by atoms with Crippen LogP contribution in [-0.2, 0) is 16.0 Å². The van der Waals surface area contributed by atoms with Gasteiger partial charge in [-0.1, -0.05) is 32.0 Å². The number of nitrogens with one attached hydrogen (secondary N) is 2. The molecule has 1 saturated heterocycles. The summed E-state index contributed by atoms with van der Waals surface area (Å²) in [6.45, 7) is 8.95. The average molecular weight is 505 g/mol. The van der Waals surface area contributed by atoms with Crippen molar-refractivity contribution in [3.05, 3.63) is 29.8 Å². The third-order valence-corrected chi connectivity index (χ3v) is 4.45. The van der Waals surface area contributed by atoms with E-state index in [2.05, 4.69) is 35.5 Å². The van der Waals surface area contributed by atoms with Gasteiger partial charge >= 0.3 is 0 Å². The van der Waals surface area contributed by atoms with Gasteiger partial charge in [-0.3, -0.25) is 4.99 Å². The van der Waals surface area contributed by atoms with Gasteiger partial charge in [-0.2, -0.15) is 0 Å². The largest absolute Gasteiger partial charge is 0.493 e. The smallest absolute Gasteiger partial charge is 0.191 e. The van der Waals surface area contributed by atoms with Gasteiger partial charge in [0.2, 0.25) is 0 Å². The van der Waals surface area contributed by atoms with Crippen LogP contribution in [0.25, 0.3) is 0 Å². The van der Waals surface area contributed by atoms with Gasteiger partial charge in [0.1, 0.15) is 5.75 Å². The summed E-state index contributed by atoms with van der Waals surface area (Å²) < 4.78 is 17.0. The van der Waals surface area contributed by atoms with Gasteiger partial charge in [0, 0.05) is 38.9 Å². The summed E-state index contributed by atoms with van der Waals surface area (Å²) in [6, 6.07) is 8.16. The number of rotatable bonds is 11. The molecule has 6 nitrogen and oxygen atoms in total. The fraction of sp³-hybridized carbons (Fsp3) is 0.667. The molecule has 1 aliphatic heterocycles. The van der Waals surface area contributed by atoms with Crippen molar-refractivity contribution in [2.45, 2.75) is 45.8 Å². The molecule has 2 N–H and O–H groups in total. The predicted octanol–water partition coefficient (Wildman–Crippen LogP) is 3.59. The number of para-hydroxylation sites is 1.